The molecule has 12 heteroatoms. The van der Waals surface area contributed by atoms with Crippen LogP contribution in [0.1, 0.15) is 19.8 Å². The third kappa shape index (κ3) is 4.94. The molecule has 2 fully saturated rings. The van der Waals surface area contributed by atoms with Gasteiger partial charge in [0, 0.05) is 58.5 Å². The number of benzene rings is 1. The second-order valence-corrected chi connectivity index (χ2v) is 12.8. The molecule has 0 bridgehead atoms. The number of nitrogens with zero attached hydrogens (tertiary/aromatic N) is 7. The molecule has 1 aromatic carbocycles. The van der Waals surface area contributed by atoms with Crippen LogP contribution in [0.15, 0.2) is 63.9 Å². The van der Waals surface area contributed by atoms with E-state index in [-0.39, 0.29) is 28.8 Å². The Morgan fingerprint density at radius 1 is 1.13 bits per heavy atom. The highest BCUT2D eigenvalue weighted by molar-refractivity contribution is 7.89. The smallest absolute Gasteiger partial charge is 0.264 e. The molecule has 2 unspecified atom stereocenters. The summed E-state index contributed by atoms with van der Waals surface area (Å²) >= 11 is 0. The summed E-state index contributed by atoms with van der Waals surface area (Å²) < 4.78 is 47.5. The van der Waals surface area contributed by atoms with E-state index in [0.29, 0.717) is 31.7 Å². The Labute approximate surface area is 228 Å². The number of piperazine rings is 1. The molecule has 0 radical (unpaired) electrons. The number of methoxy groups -OCH3 is 1. The van der Waals surface area contributed by atoms with Crippen LogP contribution >= 0.6 is 0 Å². The number of hydrazone groups is 1. The Balaban J connectivity index is 1.27. The lowest BCUT2D eigenvalue weighted by Gasteiger charge is -2.46. The predicted molar refractivity (Wildman–Crippen MR) is 145 cm³/mol. The zero-order valence-corrected chi connectivity index (χ0v) is 23.2. The zero-order valence-electron chi connectivity index (χ0n) is 22.4. The summed E-state index contributed by atoms with van der Waals surface area (Å²) in [6.07, 6.45) is 10.0. The standard InChI is InChI=1S/C27H34FN7O3S/c1-18-10-25-20(14-30-35(25)22-6-4-21(28)5-7-22)13-24(18)26-17-34(39(36,37)27-15-29-32(2)31-27)9-8-33(26)16-19-11-23(12-19)38-3/h4-7,10,13-15,19-20,23,25-26H,8-9,11-12,16-17H2,1-3H3/t19-,20?,23+,25?,26-/m1/s1. The highest BCUT2D eigenvalue weighted by atomic mass is 32.2. The summed E-state index contributed by atoms with van der Waals surface area (Å²) in [6.45, 7) is 4.36. The van der Waals surface area contributed by atoms with Gasteiger partial charge in [-0.2, -0.15) is 19.3 Å². The van der Waals surface area contributed by atoms with Gasteiger partial charge in [-0.3, -0.25) is 9.91 Å². The maximum Gasteiger partial charge on any atom is 0.264 e. The van der Waals surface area contributed by atoms with Gasteiger partial charge in [0.25, 0.3) is 10.0 Å². The minimum absolute atomic E-state index is 0.00947. The number of rotatable bonds is 7. The lowest BCUT2D eigenvalue weighted by molar-refractivity contribution is -0.0185. The Morgan fingerprint density at radius 3 is 2.59 bits per heavy atom. The van der Waals surface area contributed by atoms with Gasteiger partial charge in [-0.05, 0) is 61.1 Å². The van der Waals surface area contributed by atoms with Gasteiger partial charge in [0.05, 0.1) is 24.0 Å². The van der Waals surface area contributed by atoms with Crippen molar-refractivity contribution in [1.82, 2.24) is 24.2 Å². The first-order chi connectivity index (χ1) is 18.7. The van der Waals surface area contributed by atoms with Gasteiger partial charge in [-0.25, -0.2) is 12.8 Å². The molecule has 1 aromatic heterocycles. The lowest BCUT2D eigenvalue weighted by Crippen LogP contribution is -2.57. The van der Waals surface area contributed by atoms with E-state index >= 15 is 0 Å². The Morgan fingerprint density at radius 2 is 1.90 bits per heavy atom. The van der Waals surface area contributed by atoms with Crippen molar-refractivity contribution < 1.29 is 17.5 Å². The van der Waals surface area contributed by atoms with Gasteiger partial charge in [0.15, 0.2) is 0 Å². The number of aryl methyl sites for hydroxylation is 1. The van der Waals surface area contributed by atoms with E-state index in [1.165, 1.54) is 23.1 Å². The first-order valence-corrected chi connectivity index (χ1v) is 14.8. The highest BCUT2D eigenvalue weighted by Crippen LogP contribution is 2.38. The van der Waals surface area contributed by atoms with Crippen molar-refractivity contribution in [2.75, 3.05) is 38.3 Å². The Kier molecular flexibility index (Phi) is 6.90. The van der Waals surface area contributed by atoms with Crippen molar-refractivity contribution in [2.24, 2.45) is 24.0 Å². The largest absolute Gasteiger partial charge is 0.381 e. The van der Waals surface area contributed by atoms with Gasteiger partial charge in [-0.15, -0.1) is 5.10 Å². The summed E-state index contributed by atoms with van der Waals surface area (Å²) in [7, 11) is -0.400. The maximum absolute atomic E-state index is 13.5. The van der Waals surface area contributed by atoms with Crippen molar-refractivity contribution in [1.29, 1.82) is 0 Å². The molecule has 0 N–H and O–H groups in total. The number of fused-ring (bicyclic) bond motifs is 1. The summed E-state index contributed by atoms with van der Waals surface area (Å²) in [6, 6.07) is 6.25. The van der Waals surface area contributed by atoms with Gasteiger partial charge in [-0.1, -0.05) is 12.2 Å². The molecule has 4 aliphatic rings. The number of halogens is 1. The van der Waals surface area contributed by atoms with E-state index in [9.17, 15) is 12.8 Å². The van der Waals surface area contributed by atoms with Crippen LogP contribution in [0.3, 0.4) is 0 Å². The average molecular weight is 556 g/mol. The second kappa shape index (κ2) is 10.2. The monoisotopic (exact) mass is 555 g/mol. The van der Waals surface area contributed by atoms with Crippen molar-refractivity contribution in [2.45, 2.75) is 43.0 Å². The van der Waals surface area contributed by atoms with Crippen molar-refractivity contribution in [3.63, 3.8) is 0 Å². The summed E-state index contributed by atoms with van der Waals surface area (Å²) in [5.41, 5.74) is 3.07. The van der Waals surface area contributed by atoms with Crippen molar-refractivity contribution >= 4 is 21.9 Å². The van der Waals surface area contributed by atoms with Gasteiger partial charge < -0.3 is 4.74 Å². The molecule has 3 heterocycles. The molecule has 1 saturated heterocycles. The predicted octanol–water partition coefficient (Wildman–Crippen LogP) is 2.43. The molecule has 2 aliphatic heterocycles. The third-order valence-corrected chi connectivity index (χ3v) is 10.1. The first kappa shape index (κ1) is 26.3. The average Bonchev–Trinajstić information content (AvgIpc) is 3.52. The molecule has 10 nitrogen and oxygen atoms in total. The normalized spacial score (nSPS) is 29.6. The minimum atomic E-state index is -3.77. The number of hydrogen-bond acceptors (Lipinski definition) is 8. The second-order valence-electron chi connectivity index (χ2n) is 10.9. The fraction of sp³-hybridized carbons (Fsp3) is 0.519. The van der Waals surface area contributed by atoms with Gasteiger partial charge in [0.1, 0.15) is 5.82 Å². The Bertz CT molecular complexity index is 1410. The Hall–Kier alpha value is -2.93. The molecule has 6 rings (SSSR count). The third-order valence-electron chi connectivity index (χ3n) is 8.39. The zero-order chi connectivity index (χ0) is 27.3. The van der Waals surface area contributed by atoms with Gasteiger partial charge in [0.2, 0.25) is 5.03 Å². The van der Waals surface area contributed by atoms with Crippen LogP contribution in [0.25, 0.3) is 0 Å². The molecule has 3 atom stereocenters. The van der Waals surface area contributed by atoms with E-state index in [4.69, 9.17) is 4.74 Å². The van der Waals surface area contributed by atoms with Crippen LogP contribution in [0.4, 0.5) is 10.1 Å². The van der Waals surface area contributed by atoms with E-state index in [1.54, 1.807) is 30.6 Å². The van der Waals surface area contributed by atoms with Crippen LogP contribution < -0.4 is 5.01 Å². The van der Waals surface area contributed by atoms with Crippen LogP contribution in [0.5, 0.6) is 0 Å². The van der Waals surface area contributed by atoms with Crippen LogP contribution in [0, 0.1) is 17.7 Å². The molecule has 39 heavy (non-hydrogen) atoms. The van der Waals surface area contributed by atoms with Crippen LogP contribution in [0.2, 0.25) is 0 Å². The van der Waals surface area contributed by atoms with Gasteiger partial charge >= 0.3 is 0 Å². The summed E-state index contributed by atoms with van der Waals surface area (Å²) in [5.74, 6) is 0.283. The molecule has 0 spiro atoms. The topological polar surface area (TPSA) is 96.2 Å². The molecular formula is C27H34FN7O3S. The van der Waals surface area contributed by atoms with E-state index in [2.05, 4.69) is 39.3 Å². The lowest BCUT2D eigenvalue weighted by atomic mass is 9.80. The van der Waals surface area contributed by atoms with E-state index in [1.807, 2.05) is 11.2 Å². The summed E-state index contributed by atoms with van der Waals surface area (Å²) in [4.78, 5) is 3.71. The molecule has 208 valence electrons. The number of hydrogen-bond donors (Lipinski definition) is 0. The maximum atomic E-state index is 13.5. The van der Waals surface area contributed by atoms with Crippen molar-refractivity contribution in [3.05, 3.63) is 59.6 Å². The molecule has 0 amide bonds. The van der Waals surface area contributed by atoms with Crippen LogP contribution in [-0.2, 0) is 21.8 Å². The fourth-order valence-electron chi connectivity index (χ4n) is 6.15. The quantitative estimate of drug-likeness (QED) is 0.518. The highest BCUT2D eigenvalue weighted by Gasteiger charge is 2.42. The molecule has 2 aromatic rings. The van der Waals surface area contributed by atoms with E-state index in [0.717, 1.165) is 36.2 Å². The molecule has 1 saturated carbocycles. The number of ether oxygens (including phenoxy) is 1. The first-order valence-electron chi connectivity index (χ1n) is 13.4. The van der Waals surface area contributed by atoms with Crippen molar-refractivity contribution in [3.8, 4) is 0 Å². The number of anilines is 1. The fourth-order valence-corrected chi connectivity index (χ4v) is 7.48. The summed E-state index contributed by atoms with van der Waals surface area (Å²) in [5, 5.41) is 14.6. The number of aromatic nitrogens is 3. The molecule has 2 aliphatic carbocycles. The SMILES string of the molecule is CO[C@H]1C[C@@H](CN2CCN(S(=O)(=O)c3cnn(C)n3)C[C@@H]2C2=CC3C=NN(c4ccc(F)cc4)C3C=C2C)C1. The number of sulfonamides is 1. The van der Waals surface area contributed by atoms with E-state index < -0.39 is 10.0 Å². The molecular weight excluding hydrogens is 521 g/mol. The minimum Gasteiger partial charge on any atom is -0.381 e. The van der Waals surface area contributed by atoms with Crippen LogP contribution in [-0.4, -0.2) is 90.3 Å².